The number of ether oxygens (including phenoxy) is 1. The number of guanidine groups is 1. The summed E-state index contributed by atoms with van der Waals surface area (Å²) < 4.78 is 21.7. The first-order valence-electron chi connectivity index (χ1n) is 10.7. The second-order valence-corrected chi connectivity index (χ2v) is 7.58. The van der Waals surface area contributed by atoms with Crippen molar-refractivity contribution >= 4 is 5.96 Å². The lowest BCUT2D eigenvalue weighted by Gasteiger charge is -2.16. The number of aromatic nitrogens is 2. The third-order valence-corrected chi connectivity index (χ3v) is 4.66. The Hall–Kier alpha value is -3.39. The number of aliphatic imine (C=N–C) groups is 1. The molecule has 0 radical (unpaired) electrons. The largest absolute Gasteiger partial charge is 0.491 e. The molecule has 0 fully saturated rings. The van der Waals surface area contributed by atoms with Gasteiger partial charge in [0.2, 0.25) is 0 Å². The number of rotatable bonds is 9. The monoisotopic (exact) mass is 439 g/mol. The number of nitrogens with one attached hydrogen (secondary N) is 2. The first-order chi connectivity index (χ1) is 15.5. The Morgan fingerprint density at radius 2 is 1.97 bits per heavy atom. The summed E-state index contributed by atoms with van der Waals surface area (Å²) in [5.74, 6) is 0.976. The van der Waals surface area contributed by atoms with Crippen LogP contribution in [-0.2, 0) is 6.54 Å². The standard InChI is InChI=1S/C24H30FN5O2/c1-4-27-24(29-15-23(31)19-6-8-20(9-7-19)32-17(2)3)28-14-18-5-10-22(21(25)13-18)30-12-11-26-16-30/h5-13,16-17,23,31H,4,14-15H2,1-3H3,(H2,27,28,29). The summed E-state index contributed by atoms with van der Waals surface area (Å²) in [7, 11) is 0. The molecule has 1 heterocycles. The molecule has 3 N–H and O–H groups in total. The number of aliphatic hydroxyl groups excluding tert-OH is 1. The predicted molar refractivity (Wildman–Crippen MR) is 124 cm³/mol. The number of benzene rings is 2. The van der Waals surface area contributed by atoms with Crippen molar-refractivity contribution in [1.82, 2.24) is 20.2 Å². The van der Waals surface area contributed by atoms with E-state index in [0.717, 1.165) is 16.9 Å². The summed E-state index contributed by atoms with van der Waals surface area (Å²) in [5, 5.41) is 16.8. The van der Waals surface area contributed by atoms with Crippen molar-refractivity contribution in [3.05, 3.63) is 78.1 Å². The molecule has 32 heavy (non-hydrogen) atoms. The molecule has 3 rings (SSSR count). The lowest BCUT2D eigenvalue weighted by atomic mass is 10.1. The van der Waals surface area contributed by atoms with Gasteiger partial charge in [0, 0.05) is 25.5 Å². The van der Waals surface area contributed by atoms with Gasteiger partial charge in [-0.2, -0.15) is 0 Å². The highest BCUT2D eigenvalue weighted by molar-refractivity contribution is 5.79. The summed E-state index contributed by atoms with van der Waals surface area (Å²) in [6, 6.07) is 12.4. The summed E-state index contributed by atoms with van der Waals surface area (Å²) in [4.78, 5) is 8.45. The van der Waals surface area contributed by atoms with Crippen LogP contribution in [0.5, 0.6) is 5.75 Å². The van der Waals surface area contributed by atoms with E-state index in [0.29, 0.717) is 24.7 Å². The van der Waals surface area contributed by atoms with Crippen LogP contribution in [0.15, 0.2) is 66.2 Å². The zero-order chi connectivity index (χ0) is 22.9. The van der Waals surface area contributed by atoms with E-state index in [4.69, 9.17) is 4.74 Å². The van der Waals surface area contributed by atoms with Crippen LogP contribution in [-0.4, -0.2) is 39.8 Å². The van der Waals surface area contributed by atoms with Crippen molar-refractivity contribution < 1.29 is 14.2 Å². The maximum absolute atomic E-state index is 14.5. The van der Waals surface area contributed by atoms with Crippen LogP contribution in [0.2, 0.25) is 0 Å². The van der Waals surface area contributed by atoms with Crippen LogP contribution in [0.1, 0.15) is 38.0 Å². The number of hydrogen-bond acceptors (Lipinski definition) is 4. The molecule has 1 unspecified atom stereocenters. The predicted octanol–water partition coefficient (Wildman–Crippen LogP) is 3.59. The maximum Gasteiger partial charge on any atom is 0.191 e. The van der Waals surface area contributed by atoms with E-state index < -0.39 is 6.10 Å². The van der Waals surface area contributed by atoms with Crippen molar-refractivity contribution in [3.63, 3.8) is 0 Å². The summed E-state index contributed by atoms with van der Waals surface area (Å²) >= 11 is 0. The molecular weight excluding hydrogens is 409 g/mol. The van der Waals surface area contributed by atoms with Crippen LogP contribution >= 0.6 is 0 Å². The lowest BCUT2D eigenvalue weighted by Crippen LogP contribution is -2.39. The molecule has 3 aromatic rings. The van der Waals surface area contributed by atoms with Crippen molar-refractivity contribution in [3.8, 4) is 11.4 Å². The molecule has 1 atom stereocenters. The van der Waals surface area contributed by atoms with Gasteiger partial charge in [-0.1, -0.05) is 18.2 Å². The van der Waals surface area contributed by atoms with Gasteiger partial charge in [-0.3, -0.25) is 0 Å². The smallest absolute Gasteiger partial charge is 0.191 e. The fraction of sp³-hybridized carbons (Fsp3) is 0.333. The van der Waals surface area contributed by atoms with Gasteiger partial charge in [0.25, 0.3) is 0 Å². The second-order valence-electron chi connectivity index (χ2n) is 7.58. The van der Waals surface area contributed by atoms with Gasteiger partial charge in [0.1, 0.15) is 11.6 Å². The summed E-state index contributed by atoms with van der Waals surface area (Å²) in [6.45, 7) is 7.14. The Balaban J connectivity index is 1.59. The first-order valence-corrected chi connectivity index (χ1v) is 10.7. The van der Waals surface area contributed by atoms with Crippen molar-refractivity contribution in [2.75, 3.05) is 13.1 Å². The normalized spacial score (nSPS) is 12.6. The molecule has 0 bridgehead atoms. The van der Waals surface area contributed by atoms with Crippen LogP contribution < -0.4 is 15.4 Å². The van der Waals surface area contributed by atoms with E-state index >= 15 is 0 Å². The van der Waals surface area contributed by atoms with E-state index in [9.17, 15) is 9.50 Å². The quantitative estimate of drug-likeness (QED) is 0.351. The van der Waals surface area contributed by atoms with E-state index in [-0.39, 0.29) is 18.5 Å². The molecule has 0 aliphatic heterocycles. The molecule has 0 amide bonds. The Bertz CT molecular complexity index is 1000. The first kappa shape index (κ1) is 23.3. The molecular formula is C24H30FN5O2. The molecule has 0 aliphatic carbocycles. The van der Waals surface area contributed by atoms with E-state index in [1.165, 1.54) is 6.07 Å². The minimum atomic E-state index is -0.709. The zero-order valence-corrected chi connectivity index (χ0v) is 18.6. The van der Waals surface area contributed by atoms with Gasteiger partial charge in [-0.15, -0.1) is 0 Å². The molecule has 1 aromatic heterocycles. The molecule has 2 aromatic carbocycles. The Kier molecular flexibility index (Phi) is 8.21. The van der Waals surface area contributed by atoms with E-state index in [1.807, 2.05) is 51.1 Å². The zero-order valence-electron chi connectivity index (χ0n) is 18.6. The number of aliphatic hydroxyl groups is 1. The van der Waals surface area contributed by atoms with Gasteiger partial charge >= 0.3 is 0 Å². The molecule has 0 spiro atoms. The second kappa shape index (κ2) is 11.3. The van der Waals surface area contributed by atoms with Gasteiger partial charge in [0.15, 0.2) is 5.96 Å². The van der Waals surface area contributed by atoms with Gasteiger partial charge < -0.3 is 25.0 Å². The molecule has 0 aliphatic rings. The minimum absolute atomic E-state index is 0.0990. The number of hydrogen-bond donors (Lipinski definition) is 3. The highest BCUT2D eigenvalue weighted by atomic mass is 19.1. The molecule has 8 heteroatoms. The van der Waals surface area contributed by atoms with Crippen LogP contribution in [0.3, 0.4) is 0 Å². The van der Waals surface area contributed by atoms with Crippen LogP contribution in [0, 0.1) is 5.82 Å². The highest BCUT2D eigenvalue weighted by Crippen LogP contribution is 2.19. The van der Waals surface area contributed by atoms with Crippen molar-refractivity contribution in [2.24, 2.45) is 4.99 Å². The topological polar surface area (TPSA) is 83.7 Å². The maximum atomic E-state index is 14.5. The van der Waals surface area contributed by atoms with Crippen molar-refractivity contribution in [2.45, 2.75) is 39.5 Å². The minimum Gasteiger partial charge on any atom is -0.491 e. The summed E-state index contributed by atoms with van der Waals surface area (Å²) in [5.41, 5.74) is 1.96. The van der Waals surface area contributed by atoms with E-state index in [2.05, 4.69) is 20.6 Å². The number of halogens is 1. The van der Waals surface area contributed by atoms with E-state index in [1.54, 1.807) is 29.4 Å². The van der Waals surface area contributed by atoms with Crippen molar-refractivity contribution in [1.29, 1.82) is 0 Å². The lowest BCUT2D eigenvalue weighted by molar-refractivity contribution is 0.180. The molecule has 170 valence electrons. The van der Waals surface area contributed by atoms with Gasteiger partial charge in [-0.25, -0.2) is 14.4 Å². The molecule has 0 saturated carbocycles. The Morgan fingerprint density at radius 1 is 1.19 bits per heavy atom. The third kappa shape index (κ3) is 6.55. The Labute approximate surface area is 188 Å². The SMILES string of the molecule is CCNC(=NCc1ccc(-n2ccnc2)c(F)c1)NCC(O)c1ccc(OC(C)C)cc1. The highest BCUT2D eigenvalue weighted by Gasteiger charge is 2.10. The van der Waals surface area contributed by atoms with Gasteiger partial charge in [0.05, 0.1) is 30.8 Å². The fourth-order valence-corrected chi connectivity index (χ4v) is 3.12. The number of imidazole rings is 1. The average Bonchev–Trinajstić information content (AvgIpc) is 3.30. The van der Waals surface area contributed by atoms with Crippen LogP contribution in [0.4, 0.5) is 4.39 Å². The fourth-order valence-electron chi connectivity index (χ4n) is 3.12. The van der Waals surface area contributed by atoms with Gasteiger partial charge in [-0.05, 0) is 56.2 Å². The summed E-state index contributed by atoms with van der Waals surface area (Å²) in [6.07, 6.45) is 4.24. The van der Waals surface area contributed by atoms with Crippen LogP contribution in [0.25, 0.3) is 5.69 Å². The number of nitrogens with zero attached hydrogens (tertiary/aromatic N) is 3. The molecule has 0 saturated heterocycles. The Morgan fingerprint density at radius 3 is 2.59 bits per heavy atom. The third-order valence-electron chi connectivity index (χ3n) is 4.66. The average molecular weight is 440 g/mol. The molecule has 7 nitrogen and oxygen atoms in total.